The van der Waals surface area contributed by atoms with E-state index in [2.05, 4.69) is 11.0 Å². The minimum absolute atomic E-state index is 0.0253. The summed E-state index contributed by atoms with van der Waals surface area (Å²) >= 11 is 1.86. The maximum atomic E-state index is 12.4. The summed E-state index contributed by atoms with van der Waals surface area (Å²) in [5.74, 6) is 0. The van der Waals surface area contributed by atoms with E-state index in [4.69, 9.17) is 0 Å². The Kier molecular flexibility index (Phi) is 5.71. The van der Waals surface area contributed by atoms with Crippen LogP contribution in [0.15, 0.2) is 23.1 Å². The molecule has 0 aromatic heterocycles. The third-order valence-corrected chi connectivity index (χ3v) is 6.79. The van der Waals surface area contributed by atoms with Crippen molar-refractivity contribution in [2.75, 3.05) is 6.26 Å². The third kappa shape index (κ3) is 4.22. The van der Waals surface area contributed by atoms with Crippen LogP contribution >= 0.6 is 11.8 Å². The van der Waals surface area contributed by atoms with Crippen molar-refractivity contribution in [3.05, 3.63) is 29.3 Å². The number of sulfonamides is 1. The lowest BCUT2D eigenvalue weighted by Gasteiger charge is -2.27. The van der Waals surface area contributed by atoms with Crippen LogP contribution < -0.4 is 4.72 Å². The lowest BCUT2D eigenvalue weighted by molar-refractivity contribution is 0.280. The fraction of sp³-hybridized carbons (Fsp3) is 0.600. The molecule has 1 aliphatic carbocycles. The molecule has 2 N–H and O–H groups in total. The average Bonchev–Trinajstić information content (AvgIpc) is 2.48. The highest BCUT2D eigenvalue weighted by Crippen LogP contribution is 2.28. The van der Waals surface area contributed by atoms with Gasteiger partial charge < -0.3 is 5.11 Å². The number of aryl methyl sites for hydroxylation is 1. The maximum absolute atomic E-state index is 12.4. The van der Waals surface area contributed by atoms with Crippen LogP contribution in [0.3, 0.4) is 0 Å². The summed E-state index contributed by atoms with van der Waals surface area (Å²) < 4.78 is 27.7. The summed E-state index contributed by atoms with van der Waals surface area (Å²) in [6, 6.07) is 4.93. The molecule has 118 valence electrons. The normalized spacial score (nSPS) is 23.2. The van der Waals surface area contributed by atoms with Gasteiger partial charge in [-0.3, -0.25) is 0 Å². The minimum Gasteiger partial charge on any atom is -0.392 e. The molecule has 1 aromatic rings. The lowest BCUT2D eigenvalue weighted by Crippen LogP contribution is -2.38. The summed E-state index contributed by atoms with van der Waals surface area (Å²) in [6.07, 6.45) is 6.01. The van der Waals surface area contributed by atoms with Crippen LogP contribution in [-0.2, 0) is 16.6 Å². The maximum Gasteiger partial charge on any atom is 0.240 e. The third-order valence-electron chi connectivity index (χ3n) is 4.13. The summed E-state index contributed by atoms with van der Waals surface area (Å²) in [5, 5.41) is 9.93. The van der Waals surface area contributed by atoms with Gasteiger partial charge in [0.15, 0.2) is 0 Å². The van der Waals surface area contributed by atoms with E-state index < -0.39 is 10.0 Å². The van der Waals surface area contributed by atoms with Crippen molar-refractivity contribution in [2.45, 2.75) is 55.4 Å². The van der Waals surface area contributed by atoms with Crippen LogP contribution in [0.1, 0.15) is 36.8 Å². The van der Waals surface area contributed by atoms with Gasteiger partial charge in [0.1, 0.15) is 0 Å². The molecule has 0 saturated heterocycles. The molecule has 1 fully saturated rings. The van der Waals surface area contributed by atoms with Gasteiger partial charge in [-0.25, -0.2) is 13.1 Å². The number of aliphatic hydroxyl groups is 1. The van der Waals surface area contributed by atoms with E-state index in [1.54, 1.807) is 18.2 Å². The topological polar surface area (TPSA) is 66.4 Å². The summed E-state index contributed by atoms with van der Waals surface area (Å²) in [7, 11) is -3.50. The fourth-order valence-corrected chi connectivity index (χ4v) is 4.79. The van der Waals surface area contributed by atoms with Gasteiger partial charge in [0.05, 0.1) is 11.5 Å². The van der Waals surface area contributed by atoms with Crippen LogP contribution in [0.2, 0.25) is 0 Å². The Morgan fingerprint density at radius 3 is 2.52 bits per heavy atom. The second-order valence-corrected chi connectivity index (χ2v) is 8.43. The zero-order chi connectivity index (χ0) is 15.5. The first-order chi connectivity index (χ1) is 9.96. The molecule has 0 atom stereocenters. The molecule has 1 aromatic carbocycles. The predicted molar refractivity (Wildman–Crippen MR) is 87.0 cm³/mol. The van der Waals surface area contributed by atoms with Crippen molar-refractivity contribution in [2.24, 2.45) is 0 Å². The molecule has 0 amide bonds. The molecule has 2 rings (SSSR count). The SMILES string of the molecule is CSC1CCC(NS(=O)(=O)c2ccc(C)c(CO)c2)CC1. The molecule has 6 heteroatoms. The second-order valence-electron chi connectivity index (χ2n) is 5.58. The molecule has 21 heavy (non-hydrogen) atoms. The van der Waals surface area contributed by atoms with E-state index in [9.17, 15) is 13.5 Å². The minimum atomic E-state index is -3.50. The zero-order valence-corrected chi connectivity index (χ0v) is 14.1. The van der Waals surface area contributed by atoms with Gasteiger partial charge in [-0.15, -0.1) is 0 Å². The molecule has 4 nitrogen and oxygen atoms in total. The van der Waals surface area contributed by atoms with Crippen molar-refractivity contribution < 1.29 is 13.5 Å². The van der Waals surface area contributed by atoms with E-state index in [1.165, 1.54) is 0 Å². The van der Waals surface area contributed by atoms with Crippen molar-refractivity contribution in [1.82, 2.24) is 4.72 Å². The number of thioether (sulfide) groups is 1. The molecular weight excluding hydrogens is 306 g/mol. The summed E-state index contributed by atoms with van der Waals surface area (Å²) in [5.41, 5.74) is 1.56. The molecule has 0 heterocycles. The van der Waals surface area contributed by atoms with Gasteiger partial charge in [-0.1, -0.05) is 6.07 Å². The molecule has 0 unspecified atom stereocenters. The van der Waals surface area contributed by atoms with Crippen molar-refractivity contribution in [3.63, 3.8) is 0 Å². The molecule has 1 aliphatic rings. The van der Waals surface area contributed by atoms with Crippen LogP contribution in [0.5, 0.6) is 0 Å². The molecular formula is C15H23NO3S2. The highest BCUT2D eigenvalue weighted by Gasteiger charge is 2.25. The van der Waals surface area contributed by atoms with Crippen molar-refractivity contribution in [3.8, 4) is 0 Å². The van der Waals surface area contributed by atoms with Gasteiger partial charge >= 0.3 is 0 Å². The van der Waals surface area contributed by atoms with Crippen LogP contribution in [0, 0.1) is 6.92 Å². The van der Waals surface area contributed by atoms with E-state index in [0.29, 0.717) is 10.8 Å². The lowest BCUT2D eigenvalue weighted by atomic mass is 9.96. The van der Waals surface area contributed by atoms with Gasteiger partial charge in [0.25, 0.3) is 0 Å². The van der Waals surface area contributed by atoms with Gasteiger partial charge in [-0.2, -0.15) is 11.8 Å². The van der Waals surface area contributed by atoms with Crippen LogP contribution in [0.4, 0.5) is 0 Å². The second kappa shape index (κ2) is 7.13. The highest BCUT2D eigenvalue weighted by atomic mass is 32.2. The smallest absolute Gasteiger partial charge is 0.240 e. The number of hydrogen-bond acceptors (Lipinski definition) is 4. The van der Waals surface area contributed by atoms with E-state index in [0.717, 1.165) is 31.2 Å². The van der Waals surface area contributed by atoms with E-state index in [1.807, 2.05) is 18.7 Å². The molecule has 0 spiro atoms. The summed E-state index contributed by atoms with van der Waals surface area (Å²) in [4.78, 5) is 0.240. The molecule has 0 aliphatic heterocycles. The van der Waals surface area contributed by atoms with Crippen LogP contribution in [-0.4, -0.2) is 31.1 Å². The Bertz CT molecular complexity index is 579. The number of rotatable bonds is 5. The first-order valence-electron chi connectivity index (χ1n) is 7.22. The quantitative estimate of drug-likeness (QED) is 0.871. The van der Waals surface area contributed by atoms with E-state index >= 15 is 0 Å². The Labute approximate surface area is 131 Å². The summed E-state index contributed by atoms with van der Waals surface area (Å²) in [6.45, 7) is 1.72. The number of aliphatic hydroxyl groups excluding tert-OH is 1. The van der Waals surface area contributed by atoms with Crippen molar-refractivity contribution in [1.29, 1.82) is 0 Å². The predicted octanol–water partition coefficient (Wildman–Crippen LogP) is 2.44. The first kappa shape index (κ1) is 16.8. The standard InChI is InChI=1S/C15H23NO3S2/c1-11-3-8-15(9-12(11)10-17)21(18,19)16-13-4-6-14(20-2)7-5-13/h3,8-9,13-14,16-17H,4-7,10H2,1-2H3. The monoisotopic (exact) mass is 329 g/mol. The van der Waals surface area contributed by atoms with Gasteiger partial charge in [0.2, 0.25) is 10.0 Å². The zero-order valence-electron chi connectivity index (χ0n) is 12.5. The largest absolute Gasteiger partial charge is 0.392 e. The highest BCUT2D eigenvalue weighted by molar-refractivity contribution is 7.99. The number of nitrogens with one attached hydrogen (secondary N) is 1. The molecule has 0 radical (unpaired) electrons. The Morgan fingerprint density at radius 2 is 1.95 bits per heavy atom. The van der Waals surface area contributed by atoms with Crippen LogP contribution in [0.25, 0.3) is 0 Å². The number of benzene rings is 1. The Balaban J connectivity index is 2.08. The first-order valence-corrected chi connectivity index (χ1v) is 9.99. The molecule has 1 saturated carbocycles. The van der Waals surface area contributed by atoms with Gasteiger partial charge in [-0.05, 0) is 62.1 Å². The van der Waals surface area contributed by atoms with Gasteiger partial charge in [0, 0.05) is 11.3 Å². The van der Waals surface area contributed by atoms with Crippen molar-refractivity contribution >= 4 is 21.8 Å². The molecule has 0 bridgehead atoms. The average molecular weight is 329 g/mol. The Morgan fingerprint density at radius 1 is 1.29 bits per heavy atom. The Hall–Kier alpha value is -0.560. The fourth-order valence-electron chi connectivity index (χ4n) is 2.69. The number of hydrogen-bond donors (Lipinski definition) is 2. The van der Waals surface area contributed by atoms with E-state index in [-0.39, 0.29) is 17.5 Å².